The number of carbonyl (C=O) groups excluding carboxylic acids is 5. The van der Waals surface area contributed by atoms with Crippen LogP contribution in [0.3, 0.4) is 0 Å². The molecule has 1 aliphatic carbocycles. The SMILES string of the molecule is CCN(CCn1cc(OC(=O)NCCOC(=O)C(C)(C)CC(=O)C(C)(CC)C(=O)OCCOCCOCCOC)nn1)c1ccc2c(COC(=O)OC3CC(C)CCC3C(C)C)cc(=O)oc2c1. The van der Waals surface area contributed by atoms with Crippen molar-refractivity contribution in [2.24, 2.45) is 28.6 Å². The number of hydrogen-bond donors (Lipinski definition) is 1. The number of fused-ring (bicyclic) bond motifs is 1. The molecular formula is C48H71N5O15. The van der Waals surface area contributed by atoms with Crippen LogP contribution in [-0.4, -0.2) is 124 Å². The number of anilines is 1. The summed E-state index contributed by atoms with van der Waals surface area (Å²) in [5.41, 5.74) is -1.73. The molecule has 378 valence electrons. The number of rotatable bonds is 28. The lowest BCUT2D eigenvalue weighted by molar-refractivity contribution is -0.165. The predicted molar refractivity (Wildman–Crippen MR) is 248 cm³/mol. The van der Waals surface area contributed by atoms with Crippen LogP contribution in [0, 0.1) is 28.6 Å². The number of benzene rings is 1. The third-order valence-corrected chi connectivity index (χ3v) is 12.2. The fourth-order valence-electron chi connectivity index (χ4n) is 7.77. The number of hydrogen-bond acceptors (Lipinski definition) is 18. The molecule has 1 N–H and O–H groups in total. The molecule has 0 spiro atoms. The van der Waals surface area contributed by atoms with Gasteiger partial charge in [0.25, 0.3) is 5.88 Å². The standard InChI is InChI=1S/C48H71N5O15/c1-10-48(8,44(57)64-25-24-62-23-22-61-21-20-60-9)40(54)29-47(6,7)43(56)63-19-16-49-45(58)68-41-30-53(51-50-41)18-17-52(11-2)35-13-15-37-34(27-42(55)66-39(37)28-35)31-65-46(59)67-38-26-33(5)12-14-36(38)32(3)4/h13,15,27-28,30,32-33,36,38H,10-12,14,16-26,29,31H2,1-9H3,(H,49,58). The summed E-state index contributed by atoms with van der Waals surface area (Å²) < 4.78 is 49.9. The van der Waals surface area contributed by atoms with Crippen LogP contribution >= 0.6 is 0 Å². The summed E-state index contributed by atoms with van der Waals surface area (Å²) in [5.74, 6) is -0.820. The van der Waals surface area contributed by atoms with Gasteiger partial charge in [0.1, 0.15) is 36.9 Å². The summed E-state index contributed by atoms with van der Waals surface area (Å²) in [6.45, 7) is 17.3. The van der Waals surface area contributed by atoms with E-state index in [9.17, 15) is 28.8 Å². The Balaban J connectivity index is 1.19. The third kappa shape index (κ3) is 16.6. The molecule has 20 heteroatoms. The summed E-state index contributed by atoms with van der Waals surface area (Å²) in [6.07, 6.45) is 2.42. The minimum Gasteiger partial charge on any atom is -0.463 e. The third-order valence-electron chi connectivity index (χ3n) is 12.2. The number of nitrogens with one attached hydrogen (secondary N) is 1. The number of methoxy groups -OCH3 is 1. The van der Waals surface area contributed by atoms with Crippen LogP contribution in [0.25, 0.3) is 11.0 Å². The molecule has 2 aromatic heterocycles. The van der Waals surface area contributed by atoms with E-state index < -0.39 is 46.4 Å². The maximum absolute atomic E-state index is 13.3. The van der Waals surface area contributed by atoms with E-state index >= 15 is 0 Å². The highest BCUT2D eigenvalue weighted by Crippen LogP contribution is 2.36. The first-order valence-corrected chi connectivity index (χ1v) is 23.4. The topological polar surface area (TPSA) is 235 Å². The Hall–Kier alpha value is -5.60. The Morgan fingerprint density at radius 3 is 2.32 bits per heavy atom. The molecule has 0 aliphatic heterocycles. The van der Waals surface area contributed by atoms with Crippen molar-refractivity contribution in [2.75, 3.05) is 77.9 Å². The minimum atomic E-state index is -1.48. The molecule has 0 radical (unpaired) electrons. The van der Waals surface area contributed by atoms with Crippen LogP contribution in [0.2, 0.25) is 0 Å². The summed E-state index contributed by atoms with van der Waals surface area (Å²) in [7, 11) is 1.58. The number of nitrogens with zero attached hydrogens (tertiary/aromatic N) is 4. The van der Waals surface area contributed by atoms with E-state index in [1.165, 1.54) is 37.7 Å². The van der Waals surface area contributed by atoms with Crippen LogP contribution < -0.4 is 20.6 Å². The van der Waals surface area contributed by atoms with Crippen molar-refractivity contribution in [1.82, 2.24) is 20.3 Å². The average Bonchev–Trinajstić information content (AvgIpc) is 3.74. The average molecular weight is 958 g/mol. The fourth-order valence-corrected chi connectivity index (χ4v) is 7.77. The molecule has 0 saturated heterocycles. The van der Waals surface area contributed by atoms with E-state index in [0.29, 0.717) is 74.4 Å². The molecular weight excluding hydrogens is 887 g/mol. The molecule has 68 heavy (non-hydrogen) atoms. The first kappa shape index (κ1) is 55.0. The fraction of sp³-hybridized carbons (Fsp3) is 0.667. The Kier molecular flexibility index (Phi) is 21.7. The number of Topliss-reactive ketones (excluding diaryl/α,β-unsaturated/α-hetero) is 1. The molecule has 1 saturated carbocycles. The van der Waals surface area contributed by atoms with Crippen LogP contribution in [-0.2, 0) is 60.7 Å². The lowest BCUT2D eigenvalue weighted by Gasteiger charge is -2.36. The predicted octanol–water partition coefficient (Wildman–Crippen LogP) is 6.28. The van der Waals surface area contributed by atoms with E-state index in [4.69, 9.17) is 42.3 Å². The number of amides is 1. The lowest BCUT2D eigenvalue weighted by Crippen LogP contribution is -2.42. The molecule has 4 rings (SSSR count). The van der Waals surface area contributed by atoms with Gasteiger partial charge in [0, 0.05) is 55.4 Å². The van der Waals surface area contributed by atoms with Crippen molar-refractivity contribution in [3.8, 4) is 5.88 Å². The molecule has 2 heterocycles. The summed E-state index contributed by atoms with van der Waals surface area (Å²) in [5, 5.41) is 11.1. The largest absolute Gasteiger partial charge is 0.508 e. The van der Waals surface area contributed by atoms with Crippen LogP contribution in [0.15, 0.2) is 39.7 Å². The van der Waals surface area contributed by atoms with Crippen molar-refractivity contribution < 1.29 is 66.3 Å². The molecule has 0 bridgehead atoms. The molecule has 4 unspecified atom stereocenters. The van der Waals surface area contributed by atoms with E-state index in [2.05, 4.69) is 36.4 Å². The zero-order chi connectivity index (χ0) is 49.9. The Morgan fingerprint density at radius 2 is 1.63 bits per heavy atom. The van der Waals surface area contributed by atoms with Gasteiger partial charge in [-0.05, 0) is 76.8 Å². The van der Waals surface area contributed by atoms with Crippen LogP contribution in [0.5, 0.6) is 5.88 Å². The maximum Gasteiger partial charge on any atom is 0.508 e. The summed E-state index contributed by atoms with van der Waals surface area (Å²) >= 11 is 0. The summed E-state index contributed by atoms with van der Waals surface area (Å²) in [6, 6.07) is 6.77. The van der Waals surface area contributed by atoms with Gasteiger partial charge in [0.05, 0.1) is 57.7 Å². The van der Waals surface area contributed by atoms with Gasteiger partial charge in [0.2, 0.25) is 0 Å². The van der Waals surface area contributed by atoms with Crippen molar-refractivity contribution in [2.45, 2.75) is 107 Å². The van der Waals surface area contributed by atoms with Crippen LogP contribution in [0.4, 0.5) is 15.3 Å². The second-order valence-electron chi connectivity index (χ2n) is 18.2. The van der Waals surface area contributed by atoms with Crippen molar-refractivity contribution in [3.05, 3.63) is 46.4 Å². The second kappa shape index (κ2) is 26.8. The van der Waals surface area contributed by atoms with E-state index in [1.54, 1.807) is 20.1 Å². The zero-order valence-electron chi connectivity index (χ0n) is 41.1. The highest BCUT2D eigenvalue weighted by molar-refractivity contribution is 6.04. The lowest BCUT2D eigenvalue weighted by atomic mass is 9.75. The number of aromatic nitrogens is 3. The van der Waals surface area contributed by atoms with E-state index in [0.717, 1.165) is 24.9 Å². The van der Waals surface area contributed by atoms with Gasteiger partial charge in [0.15, 0.2) is 5.78 Å². The molecule has 4 atom stereocenters. The van der Waals surface area contributed by atoms with Gasteiger partial charge in [-0.2, -0.15) is 0 Å². The second-order valence-corrected chi connectivity index (χ2v) is 18.2. The highest BCUT2D eigenvalue weighted by Gasteiger charge is 2.45. The van der Waals surface area contributed by atoms with Gasteiger partial charge in [-0.15, -0.1) is 0 Å². The first-order valence-electron chi connectivity index (χ1n) is 23.4. The molecule has 1 aromatic carbocycles. The number of esters is 2. The summed E-state index contributed by atoms with van der Waals surface area (Å²) in [4.78, 5) is 79.2. The Bertz CT molecular complexity index is 2170. The molecule has 3 aromatic rings. The van der Waals surface area contributed by atoms with Gasteiger partial charge in [-0.25, -0.2) is 19.1 Å². The quantitative estimate of drug-likeness (QED) is 0.0277. The Morgan fingerprint density at radius 1 is 0.926 bits per heavy atom. The number of likely N-dealkylation sites (N-methyl/N-ethyl adjacent to an activating group) is 1. The van der Waals surface area contributed by atoms with Crippen LogP contribution in [0.1, 0.15) is 93.1 Å². The zero-order valence-corrected chi connectivity index (χ0v) is 41.1. The van der Waals surface area contributed by atoms with Gasteiger partial charge in [-0.1, -0.05) is 44.4 Å². The van der Waals surface area contributed by atoms with Gasteiger partial charge in [-0.3, -0.25) is 14.4 Å². The van der Waals surface area contributed by atoms with Gasteiger partial charge >= 0.3 is 29.8 Å². The molecule has 1 fully saturated rings. The van der Waals surface area contributed by atoms with Crippen molar-refractivity contribution >= 4 is 46.6 Å². The molecule has 1 aliphatic rings. The smallest absolute Gasteiger partial charge is 0.463 e. The van der Waals surface area contributed by atoms with E-state index in [1.807, 2.05) is 24.0 Å². The highest BCUT2D eigenvalue weighted by atomic mass is 16.7. The molecule has 1 amide bonds. The number of ether oxygens (including phenoxy) is 8. The van der Waals surface area contributed by atoms with E-state index in [-0.39, 0.29) is 63.7 Å². The Labute approximate surface area is 397 Å². The monoisotopic (exact) mass is 957 g/mol. The minimum absolute atomic E-state index is 0.0466. The first-order chi connectivity index (χ1) is 32.4. The van der Waals surface area contributed by atoms with Crippen molar-refractivity contribution in [3.63, 3.8) is 0 Å². The maximum atomic E-state index is 13.3. The van der Waals surface area contributed by atoms with Gasteiger partial charge < -0.3 is 52.5 Å². The number of carbonyl (C=O) groups is 5. The number of ketones is 1. The van der Waals surface area contributed by atoms with Crippen molar-refractivity contribution in [1.29, 1.82) is 0 Å². The molecule has 20 nitrogen and oxygen atoms in total. The normalized spacial score (nSPS) is 17.0.